The number of carbonyl (C=O) groups excluding carboxylic acids is 1. The number of aryl methyl sites for hydroxylation is 1. The van der Waals surface area contributed by atoms with E-state index in [9.17, 15) is 9.90 Å². The summed E-state index contributed by atoms with van der Waals surface area (Å²) in [6, 6.07) is 8.71. The van der Waals surface area contributed by atoms with Crippen LogP contribution >= 0.6 is 11.6 Å². The molecule has 1 saturated heterocycles. The van der Waals surface area contributed by atoms with E-state index in [0.717, 1.165) is 24.2 Å². The maximum atomic E-state index is 13.2. The predicted octanol–water partition coefficient (Wildman–Crippen LogP) is 3.25. The van der Waals surface area contributed by atoms with Crippen LogP contribution in [0.1, 0.15) is 29.0 Å². The number of benzene rings is 1. The molecule has 0 bridgehead atoms. The lowest BCUT2D eigenvalue weighted by Crippen LogP contribution is -2.38. The minimum absolute atomic E-state index is 0.0722. The van der Waals surface area contributed by atoms with Crippen molar-refractivity contribution in [3.05, 3.63) is 52.9 Å². The number of H-pyrrole nitrogens is 1. The van der Waals surface area contributed by atoms with Gasteiger partial charge < -0.3 is 20.6 Å². The molecule has 156 valence electrons. The number of hydrogen-bond donors (Lipinski definition) is 4. The molecule has 4 N–H and O–H groups in total. The number of aliphatic hydroxyl groups is 1. The molecule has 3 heterocycles. The lowest BCUT2D eigenvalue weighted by Gasteiger charge is -2.23. The van der Waals surface area contributed by atoms with Crippen molar-refractivity contribution in [2.45, 2.75) is 25.8 Å². The zero-order valence-electron chi connectivity index (χ0n) is 16.4. The van der Waals surface area contributed by atoms with Crippen LogP contribution in [0.3, 0.4) is 0 Å². The maximum absolute atomic E-state index is 13.2. The van der Waals surface area contributed by atoms with Gasteiger partial charge in [0.15, 0.2) is 23.1 Å². The molecule has 1 atom stereocenters. The van der Waals surface area contributed by atoms with Gasteiger partial charge in [-0.15, -0.1) is 0 Å². The first kappa shape index (κ1) is 20.1. The van der Waals surface area contributed by atoms with Crippen LogP contribution in [-0.2, 0) is 0 Å². The number of aromatic amines is 1. The number of rotatable bonds is 6. The molecular formula is C20H22ClN7O2. The van der Waals surface area contributed by atoms with Crippen LogP contribution in [0.15, 0.2) is 36.5 Å². The Morgan fingerprint density at radius 1 is 1.30 bits per heavy atom. The molecule has 1 fully saturated rings. The smallest absolute Gasteiger partial charge is 0.276 e. The second kappa shape index (κ2) is 8.68. The van der Waals surface area contributed by atoms with Crippen molar-refractivity contribution < 1.29 is 9.90 Å². The standard InChI is InChI=1S/C20H22ClN7O2/c1-12-9-16(27-26-12)24-17-10-22-18(20(30)28-8-2-3-15(28)11-29)19(25-17)23-14-6-4-13(21)5-7-14/h4-7,9-10,15,29H,2-3,8,11H2,1H3,(H3,23,24,25,26,27)/t15-/m1/s1. The molecule has 1 amide bonds. The van der Waals surface area contributed by atoms with Crippen LogP contribution in [0.2, 0.25) is 5.02 Å². The van der Waals surface area contributed by atoms with E-state index in [4.69, 9.17) is 11.6 Å². The van der Waals surface area contributed by atoms with E-state index >= 15 is 0 Å². The van der Waals surface area contributed by atoms with Crippen molar-refractivity contribution in [1.29, 1.82) is 0 Å². The average molecular weight is 428 g/mol. The summed E-state index contributed by atoms with van der Waals surface area (Å²) in [5, 5.41) is 23.4. The number of nitrogens with one attached hydrogen (secondary N) is 3. The van der Waals surface area contributed by atoms with Crippen LogP contribution in [-0.4, -0.2) is 55.3 Å². The van der Waals surface area contributed by atoms with E-state index in [0.29, 0.717) is 29.0 Å². The third-order valence-corrected chi connectivity index (χ3v) is 5.14. The summed E-state index contributed by atoms with van der Waals surface area (Å²) in [4.78, 5) is 23.8. The van der Waals surface area contributed by atoms with Crippen molar-refractivity contribution in [3.63, 3.8) is 0 Å². The van der Waals surface area contributed by atoms with Crippen molar-refractivity contribution in [2.75, 3.05) is 23.8 Å². The zero-order valence-corrected chi connectivity index (χ0v) is 17.1. The Hall–Kier alpha value is -3.17. The lowest BCUT2D eigenvalue weighted by molar-refractivity contribution is 0.0672. The maximum Gasteiger partial charge on any atom is 0.276 e. The largest absolute Gasteiger partial charge is 0.394 e. The van der Waals surface area contributed by atoms with Crippen molar-refractivity contribution in [3.8, 4) is 0 Å². The topological polar surface area (TPSA) is 119 Å². The number of anilines is 4. The second-order valence-corrected chi connectivity index (χ2v) is 7.56. The average Bonchev–Trinajstić information content (AvgIpc) is 3.38. The third-order valence-electron chi connectivity index (χ3n) is 4.89. The number of carbonyl (C=O) groups is 1. The van der Waals surface area contributed by atoms with Crippen molar-refractivity contribution >= 4 is 40.6 Å². The SMILES string of the molecule is Cc1cc(Nc2cnc(C(=O)N3CCC[C@@H]3CO)c(Nc3ccc(Cl)cc3)n2)n[nH]1. The molecule has 1 aliphatic rings. The van der Waals surface area contributed by atoms with E-state index in [1.807, 2.05) is 13.0 Å². The number of aromatic nitrogens is 4. The van der Waals surface area contributed by atoms with Crippen molar-refractivity contribution in [1.82, 2.24) is 25.1 Å². The summed E-state index contributed by atoms with van der Waals surface area (Å²) in [5.41, 5.74) is 1.81. The fourth-order valence-corrected chi connectivity index (χ4v) is 3.53. The minimum Gasteiger partial charge on any atom is -0.394 e. The first-order valence-electron chi connectivity index (χ1n) is 9.64. The molecule has 0 aliphatic carbocycles. The van der Waals surface area contributed by atoms with E-state index in [2.05, 4.69) is 30.8 Å². The molecule has 10 heteroatoms. The highest BCUT2D eigenvalue weighted by atomic mass is 35.5. The van der Waals surface area contributed by atoms with Gasteiger partial charge in [-0.3, -0.25) is 9.89 Å². The first-order chi connectivity index (χ1) is 14.5. The van der Waals surface area contributed by atoms with Gasteiger partial charge in [-0.1, -0.05) is 11.6 Å². The fraction of sp³-hybridized carbons (Fsp3) is 0.300. The Balaban J connectivity index is 1.66. The van der Waals surface area contributed by atoms with Gasteiger partial charge in [-0.25, -0.2) is 9.97 Å². The molecule has 30 heavy (non-hydrogen) atoms. The number of nitrogens with zero attached hydrogens (tertiary/aromatic N) is 4. The molecule has 0 unspecified atom stereocenters. The number of halogens is 1. The Bertz CT molecular complexity index is 1040. The molecule has 3 aromatic rings. The molecule has 9 nitrogen and oxygen atoms in total. The molecule has 4 rings (SSSR count). The highest BCUT2D eigenvalue weighted by Gasteiger charge is 2.31. The summed E-state index contributed by atoms with van der Waals surface area (Å²) in [7, 11) is 0. The van der Waals surface area contributed by atoms with Crippen LogP contribution in [0, 0.1) is 6.92 Å². The van der Waals surface area contributed by atoms with Crippen LogP contribution in [0.4, 0.5) is 23.1 Å². The summed E-state index contributed by atoms with van der Waals surface area (Å²) < 4.78 is 0. The Morgan fingerprint density at radius 3 is 2.80 bits per heavy atom. The van der Waals surface area contributed by atoms with Crippen LogP contribution in [0.5, 0.6) is 0 Å². The van der Waals surface area contributed by atoms with E-state index in [1.165, 1.54) is 6.20 Å². The predicted molar refractivity (Wildman–Crippen MR) is 115 cm³/mol. The van der Waals surface area contributed by atoms with Gasteiger partial charge in [-0.05, 0) is 44.0 Å². The lowest BCUT2D eigenvalue weighted by atomic mass is 10.2. The minimum atomic E-state index is -0.266. The quantitative estimate of drug-likeness (QED) is 0.476. The van der Waals surface area contributed by atoms with Gasteiger partial charge in [-0.2, -0.15) is 5.10 Å². The molecule has 0 spiro atoms. The highest BCUT2D eigenvalue weighted by Crippen LogP contribution is 2.26. The summed E-state index contributed by atoms with van der Waals surface area (Å²) in [5.74, 6) is 1.08. The second-order valence-electron chi connectivity index (χ2n) is 7.12. The molecule has 0 radical (unpaired) electrons. The van der Waals surface area contributed by atoms with E-state index in [-0.39, 0.29) is 24.2 Å². The number of hydrogen-bond acceptors (Lipinski definition) is 7. The van der Waals surface area contributed by atoms with E-state index < -0.39 is 0 Å². The normalized spacial score (nSPS) is 16.0. The highest BCUT2D eigenvalue weighted by molar-refractivity contribution is 6.30. The Labute approximate surface area is 178 Å². The molecule has 0 saturated carbocycles. The monoisotopic (exact) mass is 427 g/mol. The first-order valence-corrected chi connectivity index (χ1v) is 10.0. The third kappa shape index (κ3) is 4.37. The van der Waals surface area contributed by atoms with Gasteiger partial charge in [0.1, 0.15) is 0 Å². The van der Waals surface area contributed by atoms with Gasteiger partial charge >= 0.3 is 0 Å². The summed E-state index contributed by atoms with van der Waals surface area (Å²) in [6.45, 7) is 2.41. The summed E-state index contributed by atoms with van der Waals surface area (Å²) in [6.07, 6.45) is 3.12. The van der Waals surface area contributed by atoms with Crippen molar-refractivity contribution in [2.24, 2.45) is 0 Å². The summed E-state index contributed by atoms with van der Waals surface area (Å²) >= 11 is 5.97. The number of amides is 1. The molecular weight excluding hydrogens is 406 g/mol. The van der Waals surface area contributed by atoms with Gasteiger partial charge in [0, 0.05) is 29.0 Å². The molecule has 1 aliphatic heterocycles. The number of likely N-dealkylation sites (tertiary alicyclic amines) is 1. The fourth-order valence-electron chi connectivity index (χ4n) is 3.41. The molecule has 2 aromatic heterocycles. The Kier molecular flexibility index (Phi) is 5.82. The van der Waals surface area contributed by atoms with Gasteiger partial charge in [0.25, 0.3) is 5.91 Å². The Morgan fingerprint density at radius 2 is 2.10 bits per heavy atom. The molecule has 1 aromatic carbocycles. The zero-order chi connectivity index (χ0) is 21.1. The van der Waals surface area contributed by atoms with Gasteiger partial charge in [0.2, 0.25) is 0 Å². The van der Waals surface area contributed by atoms with Crippen LogP contribution in [0.25, 0.3) is 0 Å². The van der Waals surface area contributed by atoms with Gasteiger partial charge in [0.05, 0.1) is 18.8 Å². The van der Waals surface area contributed by atoms with Crippen LogP contribution < -0.4 is 10.6 Å². The van der Waals surface area contributed by atoms with E-state index in [1.54, 1.807) is 29.2 Å². The number of aliphatic hydroxyl groups excluding tert-OH is 1.